The first kappa shape index (κ1) is 17.9. The van der Waals surface area contributed by atoms with E-state index in [1.54, 1.807) is 0 Å². The van der Waals surface area contributed by atoms with Crippen LogP contribution in [0.25, 0.3) is 0 Å². The zero-order valence-electron chi connectivity index (χ0n) is 14.9. The first-order chi connectivity index (χ1) is 12.7. The van der Waals surface area contributed by atoms with Crippen molar-refractivity contribution < 1.29 is 9.53 Å². The Bertz CT molecular complexity index is 826. The van der Waals surface area contributed by atoms with Crippen molar-refractivity contribution in [2.45, 2.75) is 33.1 Å². The molecular weight excluding hydrogens is 326 g/mol. The Balaban J connectivity index is 1.40. The zero-order chi connectivity index (χ0) is 18.2. The Morgan fingerprint density at radius 2 is 1.65 bits per heavy atom. The molecule has 5 heteroatoms. The number of rotatable bonds is 8. The van der Waals surface area contributed by atoms with Gasteiger partial charge in [-0.15, -0.1) is 0 Å². The molecular formula is C21H23N3O2. The molecule has 1 aromatic heterocycles. The molecule has 2 N–H and O–H groups in total. The summed E-state index contributed by atoms with van der Waals surface area (Å²) in [6, 6.07) is 20.1. The number of ether oxygens (including phenoxy) is 1. The average Bonchev–Trinajstić information content (AvgIpc) is 3.06. The summed E-state index contributed by atoms with van der Waals surface area (Å²) in [7, 11) is 0. The van der Waals surface area contributed by atoms with Crippen LogP contribution in [0.2, 0.25) is 0 Å². The molecule has 0 saturated heterocycles. The van der Waals surface area contributed by atoms with Crippen molar-refractivity contribution in [3.8, 4) is 0 Å². The summed E-state index contributed by atoms with van der Waals surface area (Å²) in [6.45, 7) is 3.60. The zero-order valence-corrected chi connectivity index (χ0v) is 14.9. The molecule has 0 aliphatic rings. The van der Waals surface area contributed by atoms with Gasteiger partial charge >= 0.3 is 0 Å². The van der Waals surface area contributed by atoms with Gasteiger partial charge in [0.05, 0.1) is 25.3 Å². The molecule has 1 heterocycles. The minimum absolute atomic E-state index is 0.0354. The summed E-state index contributed by atoms with van der Waals surface area (Å²) in [5, 5.41) is 9.83. The highest BCUT2D eigenvalue weighted by Gasteiger charge is 2.06. The van der Waals surface area contributed by atoms with Gasteiger partial charge in [-0.2, -0.15) is 5.10 Å². The predicted octanol–water partition coefficient (Wildman–Crippen LogP) is 3.29. The second kappa shape index (κ2) is 8.97. The van der Waals surface area contributed by atoms with Gasteiger partial charge in [0.2, 0.25) is 5.91 Å². The number of aromatic amines is 1. The maximum absolute atomic E-state index is 12.0. The smallest absolute Gasteiger partial charge is 0.226 e. The second-order valence-electron chi connectivity index (χ2n) is 6.29. The molecule has 0 bridgehead atoms. The number of carbonyl (C=O) groups excluding carboxylic acids is 1. The summed E-state index contributed by atoms with van der Waals surface area (Å²) in [5.41, 5.74) is 5.05. The summed E-state index contributed by atoms with van der Waals surface area (Å²) >= 11 is 0. The molecule has 26 heavy (non-hydrogen) atoms. The first-order valence-corrected chi connectivity index (χ1v) is 8.66. The fourth-order valence-electron chi connectivity index (χ4n) is 2.61. The van der Waals surface area contributed by atoms with E-state index in [0.29, 0.717) is 19.8 Å². The first-order valence-electron chi connectivity index (χ1n) is 8.66. The number of nitrogens with one attached hydrogen (secondary N) is 2. The third-order valence-corrected chi connectivity index (χ3v) is 3.99. The van der Waals surface area contributed by atoms with Gasteiger partial charge in [-0.3, -0.25) is 9.89 Å². The van der Waals surface area contributed by atoms with Crippen molar-refractivity contribution in [2.75, 3.05) is 0 Å². The van der Waals surface area contributed by atoms with Crippen LogP contribution < -0.4 is 5.32 Å². The Morgan fingerprint density at radius 3 is 2.31 bits per heavy atom. The van der Waals surface area contributed by atoms with E-state index >= 15 is 0 Å². The molecule has 0 fully saturated rings. The molecule has 0 atom stereocenters. The van der Waals surface area contributed by atoms with Gasteiger partial charge < -0.3 is 10.1 Å². The van der Waals surface area contributed by atoms with Gasteiger partial charge in [-0.25, -0.2) is 0 Å². The molecule has 2 aromatic carbocycles. The van der Waals surface area contributed by atoms with Gasteiger partial charge in [-0.05, 0) is 29.7 Å². The lowest BCUT2D eigenvalue weighted by Crippen LogP contribution is -2.24. The number of benzene rings is 2. The lowest BCUT2D eigenvalue weighted by molar-refractivity contribution is -0.120. The number of nitrogens with zero attached hydrogens (tertiary/aromatic N) is 1. The van der Waals surface area contributed by atoms with Crippen LogP contribution in [0, 0.1) is 6.92 Å². The van der Waals surface area contributed by atoms with E-state index in [1.165, 1.54) is 5.56 Å². The predicted molar refractivity (Wildman–Crippen MR) is 100 cm³/mol. The largest absolute Gasteiger partial charge is 0.372 e. The van der Waals surface area contributed by atoms with E-state index in [0.717, 1.165) is 22.5 Å². The van der Waals surface area contributed by atoms with Crippen LogP contribution in [0.3, 0.4) is 0 Å². The summed E-state index contributed by atoms with van der Waals surface area (Å²) in [4.78, 5) is 12.0. The number of hydrogen-bond acceptors (Lipinski definition) is 3. The Kier molecular flexibility index (Phi) is 6.17. The molecule has 1 amide bonds. The number of carbonyl (C=O) groups is 1. The lowest BCUT2D eigenvalue weighted by Gasteiger charge is -2.07. The molecule has 0 spiro atoms. The fraction of sp³-hybridized carbons (Fsp3) is 0.238. The molecule has 0 radical (unpaired) electrons. The van der Waals surface area contributed by atoms with Gasteiger partial charge in [0.25, 0.3) is 0 Å². The van der Waals surface area contributed by atoms with Crippen LogP contribution >= 0.6 is 0 Å². The number of amides is 1. The Hall–Kier alpha value is -2.92. The van der Waals surface area contributed by atoms with E-state index in [2.05, 4.69) is 27.6 Å². The minimum atomic E-state index is -0.0354. The van der Waals surface area contributed by atoms with E-state index in [9.17, 15) is 4.79 Å². The number of H-pyrrole nitrogens is 1. The lowest BCUT2D eigenvalue weighted by atomic mass is 10.1. The highest BCUT2D eigenvalue weighted by molar-refractivity contribution is 5.78. The van der Waals surface area contributed by atoms with Crippen LogP contribution in [-0.2, 0) is 35.7 Å². The van der Waals surface area contributed by atoms with Crippen LogP contribution in [0.1, 0.15) is 28.1 Å². The molecule has 134 valence electrons. The molecule has 0 saturated carbocycles. The quantitative estimate of drug-likeness (QED) is 0.656. The molecule has 3 aromatic rings. The molecule has 0 aliphatic carbocycles. The van der Waals surface area contributed by atoms with Crippen LogP contribution in [0.15, 0.2) is 60.7 Å². The van der Waals surface area contributed by atoms with Crippen molar-refractivity contribution in [3.63, 3.8) is 0 Å². The fourth-order valence-corrected chi connectivity index (χ4v) is 2.61. The SMILES string of the molecule is Cc1cc(CC(=O)NCc2ccc(COCc3ccccc3)cc2)n[nH]1. The van der Waals surface area contributed by atoms with Crippen molar-refractivity contribution in [2.24, 2.45) is 0 Å². The van der Waals surface area contributed by atoms with Gasteiger partial charge in [0.1, 0.15) is 0 Å². The van der Waals surface area contributed by atoms with E-state index < -0.39 is 0 Å². The monoisotopic (exact) mass is 349 g/mol. The topological polar surface area (TPSA) is 67.0 Å². The maximum Gasteiger partial charge on any atom is 0.226 e. The highest BCUT2D eigenvalue weighted by Crippen LogP contribution is 2.08. The summed E-state index contributed by atoms with van der Waals surface area (Å²) in [6.07, 6.45) is 0.287. The maximum atomic E-state index is 12.0. The van der Waals surface area contributed by atoms with E-state index in [-0.39, 0.29) is 12.3 Å². The summed E-state index contributed by atoms with van der Waals surface area (Å²) < 4.78 is 5.73. The minimum Gasteiger partial charge on any atom is -0.372 e. The number of aromatic nitrogens is 2. The third kappa shape index (κ3) is 5.57. The van der Waals surface area contributed by atoms with Crippen LogP contribution in [0.5, 0.6) is 0 Å². The number of aryl methyl sites for hydroxylation is 1. The Morgan fingerprint density at radius 1 is 1.00 bits per heavy atom. The standard InChI is InChI=1S/C21H23N3O2/c1-16-11-20(24-23-16)12-21(25)22-13-17-7-9-19(10-8-17)15-26-14-18-5-3-2-4-6-18/h2-11H,12-15H2,1H3,(H,22,25)(H,23,24). The molecule has 0 unspecified atom stereocenters. The van der Waals surface area contributed by atoms with Gasteiger partial charge in [0.15, 0.2) is 0 Å². The Labute approximate surface area is 153 Å². The van der Waals surface area contributed by atoms with Crippen molar-refractivity contribution >= 4 is 5.91 Å². The second-order valence-corrected chi connectivity index (χ2v) is 6.29. The van der Waals surface area contributed by atoms with Crippen molar-refractivity contribution in [3.05, 3.63) is 88.7 Å². The van der Waals surface area contributed by atoms with Crippen LogP contribution in [-0.4, -0.2) is 16.1 Å². The van der Waals surface area contributed by atoms with Crippen molar-refractivity contribution in [1.82, 2.24) is 15.5 Å². The van der Waals surface area contributed by atoms with Gasteiger partial charge in [0, 0.05) is 12.2 Å². The molecule has 5 nitrogen and oxygen atoms in total. The van der Waals surface area contributed by atoms with Crippen LogP contribution in [0.4, 0.5) is 0 Å². The highest BCUT2D eigenvalue weighted by atomic mass is 16.5. The molecule has 0 aliphatic heterocycles. The average molecular weight is 349 g/mol. The normalized spacial score (nSPS) is 10.7. The third-order valence-electron chi connectivity index (χ3n) is 3.99. The van der Waals surface area contributed by atoms with Gasteiger partial charge in [-0.1, -0.05) is 54.6 Å². The van der Waals surface area contributed by atoms with Crippen molar-refractivity contribution in [1.29, 1.82) is 0 Å². The number of hydrogen-bond donors (Lipinski definition) is 2. The van der Waals surface area contributed by atoms with E-state index in [1.807, 2.05) is 55.5 Å². The summed E-state index contributed by atoms with van der Waals surface area (Å²) in [5.74, 6) is -0.0354. The van der Waals surface area contributed by atoms with E-state index in [4.69, 9.17) is 4.74 Å². The molecule has 3 rings (SSSR count).